The number of ether oxygens (including phenoxy) is 1. The predicted octanol–water partition coefficient (Wildman–Crippen LogP) is 2.80. The van der Waals surface area contributed by atoms with E-state index in [0.29, 0.717) is 0 Å². The second-order valence-electron chi connectivity index (χ2n) is 5.21. The van der Waals surface area contributed by atoms with Gasteiger partial charge in [-0.3, -0.25) is 20.2 Å². The van der Waals surface area contributed by atoms with Crippen LogP contribution in [0.15, 0.2) is 42.5 Å². The molecule has 0 fully saturated rings. The molecule has 0 amide bonds. The molecule has 1 unspecified atom stereocenters. The molecule has 26 heavy (non-hydrogen) atoms. The van der Waals surface area contributed by atoms with Crippen LogP contribution in [0.2, 0.25) is 0 Å². The molecule has 2 rings (SSSR count). The van der Waals surface area contributed by atoms with Crippen LogP contribution in [-0.2, 0) is 9.53 Å². The molecule has 10 heteroatoms. The van der Waals surface area contributed by atoms with Crippen molar-refractivity contribution in [2.24, 2.45) is 0 Å². The van der Waals surface area contributed by atoms with E-state index in [1.165, 1.54) is 36.4 Å². The molecular weight excluding hydrogens is 344 g/mol. The van der Waals surface area contributed by atoms with Crippen molar-refractivity contribution in [1.29, 1.82) is 0 Å². The molecule has 2 aromatic carbocycles. The zero-order valence-corrected chi connectivity index (χ0v) is 13.7. The Morgan fingerprint density at radius 3 is 2.54 bits per heavy atom. The monoisotopic (exact) mass is 360 g/mol. The van der Waals surface area contributed by atoms with Crippen molar-refractivity contribution in [2.75, 3.05) is 17.7 Å². The molecule has 0 spiro atoms. The Labute approximate surface area is 147 Å². The third-order valence-corrected chi connectivity index (χ3v) is 3.45. The SMILES string of the molecule is CCOC(=O)C(Nc1cccc([N+](=O)[O-])c1)c1ccc(N)cc1[N+](=O)[O-]. The van der Waals surface area contributed by atoms with Crippen LogP contribution in [0.1, 0.15) is 18.5 Å². The average molecular weight is 360 g/mol. The lowest BCUT2D eigenvalue weighted by Gasteiger charge is -2.19. The van der Waals surface area contributed by atoms with Crippen LogP contribution in [0.5, 0.6) is 0 Å². The first-order valence-corrected chi connectivity index (χ1v) is 7.55. The molecule has 0 aromatic heterocycles. The summed E-state index contributed by atoms with van der Waals surface area (Å²) in [6, 6.07) is 8.10. The van der Waals surface area contributed by atoms with Gasteiger partial charge in [-0.1, -0.05) is 6.07 Å². The molecule has 0 aliphatic rings. The smallest absolute Gasteiger partial charge is 0.333 e. The average Bonchev–Trinajstić information content (AvgIpc) is 2.60. The van der Waals surface area contributed by atoms with E-state index in [4.69, 9.17) is 10.5 Å². The first-order valence-electron chi connectivity index (χ1n) is 7.55. The van der Waals surface area contributed by atoms with E-state index < -0.39 is 21.9 Å². The topological polar surface area (TPSA) is 151 Å². The zero-order chi connectivity index (χ0) is 19.3. The summed E-state index contributed by atoms with van der Waals surface area (Å²) in [6.45, 7) is 1.66. The second-order valence-corrected chi connectivity index (χ2v) is 5.21. The van der Waals surface area contributed by atoms with E-state index >= 15 is 0 Å². The minimum absolute atomic E-state index is 0.0363. The van der Waals surface area contributed by atoms with Crippen molar-refractivity contribution in [3.63, 3.8) is 0 Å². The summed E-state index contributed by atoms with van der Waals surface area (Å²) in [4.78, 5) is 33.4. The van der Waals surface area contributed by atoms with Crippen LogP contribution >= 0.6 is 0 Å². The third-order valence-electron chi connectivity index (χ3n) is 3.45. The number of nitrogens with one attached hydrogen (secondary N) is 1. The van der Waals surface area contributed by atoms with Gasteiger partial charge in [0.25, 0.3) is 11.4 Å². The van der Waals surface area contributed by atoms with Crippen molar-refractivity contribution in [1.82, 2.24) is 0 Å². The van der Waals surface area contributed by atoms with Gasteiger partial charge in [-0.25, -0.2) is 4.79 Å². The minimum atomic E-state index is -1.24. The number of carbonyl (C=O) groups is 1. The number of hydrogen-bond donors (Lipinski definition) is 2. The number of carbonyl (C=O) groups excluding carboxylic acids is 1. The molecule has 3 N–H and O–H groups in total. The van der Waals surface area contributed by atoms with Crippen LogP contribution in [-0.4, -0.2) is 22.4 Å². The van der Waals surface area contributed by atoms with Crippen molar-refractivity contribution in [3.8, 4) is 0 Å². The summed E-state index contributed by atoms with van der Waals surface area (Å²) in [5, 5.41) is 25.0. The zero-order valence-electron chi connectivity index (χ0n) is 13.7. The molecular formula is C16H16N4O6. The van der Waals surface area contributed by atoms with E-state index in [0.717, 1.165) is 6.07 Å². The Balaban J connectivity index is 2.48. The maximum Gasteiger partial charge on any atom is 0.333 e. The number of nitrogens with zero attached hydrogens (tertiary/aromatic N) is 2. The van der Waals surface area contributed by atoms with Crippen LogP contribution in [0.25, 0.3) is 0 Å². The largest absolute Gasteiger partial charge is 0.464 e. The lowest BCUT2D eigenvalue weighted by atomic mass is 10.0. The van der Waals surface area contributed by atoms with Crippen molar-refractivity contribution < 1.29 is 19.4 Å². The van der Waals surface area contributed by atoms with Gasteiger partial charge in [-0.15, -0.1) is 0 Å². The molecule has 136 valence electrons. The molecule has 0 radical (unpaired) electrons. The number of rotatable bonds is 7. The molecule has 0 bridgehead atoms. The first kappa shape index (κ1) is 18.6. The maximum atomic E-state index is 12.4. The van der Waals surface area contributed by atoms with Gasteiger partial charge in [-0.05, 0) is 25.1 Å². The highest BCUT2D eigenvalue weighted by Crippen LogP contribution is 2.31. The Bertz CT molecular complexity index is 854. The van der Waals surface area contributed by atoms with Gasteiger partial charge in [0.2, 0.25) is 0 Å². The van der Waals surface area contributed by atoms with E-state index in [1.54, 1.807) is 6.92 Å². The second kappa shape index (κ2) is 7.92. The van der Waals surface area contributed by atoms with Gasteiger partial charge < -0.3 is 15.8 Å². The minimum Gasteiger partial charge on any atom is -0.464 e. The highest BCUT2D eigenvalue weighted by Gasteiger charge is 2.29. The fourth-order valence-corrected chi connectivity index (χ4v) is 2.33. The maximum absolute atomic E-state index is 12.4. The number of benzene rings is 2. The number of nitro groups is 2. The van der Waals surface area contributed by atoms with E-state index in [9.17, 15) is 25.0 Å². The standard InChI is InChI=1S/C16H16N4O6/c1-2-26-16(21)15(13-7-6-10(17)8-14(13)20(24)25)18-11-4-3-5-12(9-11)19(22)23/h3-9,15,18H,2,17H2,1H3. The molecule has 0 aliphatic heterocycles. The van der Waals surface area contributed by atoms with Crippen LogP contribution in [0.4, 0.5) is 22.7 Å². The van der Waals surface area contributed by atoms with E-state index in [1.807, 2.05) is 0 Å². The predicted molar refractivity (Wildman–Crippen MR) is 93.6 cm³/mol. The highest BCUT2D eigenvalue weighted by atomic mass is 16.6. The lowest BCUT2D eigenvalue weighted by molar-refractivity contribution is -0.385. The number of anilines is 2. The molecule has 0 saturated heterocycles. The fraction of sp³-hybridized carbons (Fsp3) is 0.188. The number of nitro benzene ring substituents is 2. The first-order chi connectivity index (χ1) is 12.3. The molecule has 1 atom stereocenters. The van der Waals surface area contributed by atoms with Gasteiger partial charge in [0.1, 0.15) is 0 Å². The number of nitrogen functional groups attached to an aromatic ring is 1. The molecule has 0 aliphatic carbocycles. The summed E-state index contributed by atoms with van der Waals surface area (Å²) in [5.41, 5.74) is 5.48. The Morgan fingerprint density at radius 1 is 1.19 bits per heavy atom. The summed E-state index contributed by atoms with van der Waals surface area (Å²) in [7, 11) is 0. The quantitative estimate of drug-likeness (QED) is 0.331. The Kier molecular flexibility index (Phi) is 5.68. The van der Waals surface area contributed by atoms with Crippen LogP contribution in [0, 0.1) is 20.2 Å². The van der Waals surface area contributed by atoms with Gasteiger partial charge in [0.15, 0.2) is 6.04 Å². The van der Waals surface area contributed by atoms with E-state index in [2.05, 4.69) is 5.32 Å². The normalized spacial score (nSPS) is 11.4. The summed E-state index contributed by atoms with van der Waals surface area (Å²) >= 11 is 0. The van der Waals surface area contributed by atoms with Crippen molar-refractivity contribution in [2.45, 2.75) is 13.0 Å². The van der Waals surface area contributed by atoms with Gasteiger partial charge in [-0.2, -0.15) is 0 Å². The Morgan fingerprint density at radius 2 is 1.92 bits per heavy atom. The van der Waals surface area contributed by atoms with Gasteiger partial charge in [0, 0.05) is 29.6 Å². The van der Waals surface area contributed by atoms with Gasteiger partial charge in [0.05, 0.1) is 22.0 Å². The third kappa shape index (κ3) is 4.23. The lowest BCUT2D eigenvalue weighted by Crippen LogP contribution is -2.24. The molecule has 0 heterocycles. The van der Waals surface area contributed by atoms with Gasteiger partial charge >= 0.3 is 5.97 Å². The molecule has 2 aromatic rings. The van der Waals surface area contributed by atoms with Crippen molar-refractivity contribution in [3.05, 3.63) is 68.3 Å². The summed E-state index contributed by atoms with van der Waals surface area (Å²) in [6.07, 6.45) is 0. The highest BCUT2D eigenvalue weighted by molar-refractivity contribution is 5.83. The number of non-ortho nitro benzene ring substituents is 1. The number of nitrogens with two attached hydrogens (primary N) is 1. The summed E-state index contributed by atoms with van der Waals surface area (Å²) < 4.78 is 4.98. The van der Waals surface area contributed by atoms with E-state index in [-0.39, 0.29) is 34.9 Å². The van der Waals surface area contributed by atoms with Crippen molar-refractivity contribution >= 4 is 28.7 Å². The number of esters is 1. The molecule has 0 saturated carbocycles. The Hall–Kier alpha value is -3.69. The summed E-state index contributed by atoms with van der Waals surface area (Å²) in [5.74, 6) is -0.758. The molecule has 10 nitrogen and oxygen atoms in total. The number of hydrogen-bond acceptors (Lipinski definition) is 8. The van der Waals surface area contributed by atoms with Crippen LogP contribution < -0.4 is 11.1 Å². The van der Waals surface area contributed by atoms with Crippen LogP contribution in [0.3, 0.4) is 0 Å². The fourth-order valence-electron chi connectivity index (χ4n) is 2.33.